The molecule has 0 fully saturated rings. The van der Waals surface area contributed by atoms with E-state index in [0.29, 0.717) is 0 Å². The van der Waals surface area contributed by atoms with E-state index < -0.39 is 0 Å². The van der Waals surface area contributed by atoms with Crippen LogP contribution < -0.4 is 0 Å². The summed E-state index contributed by atoms with van der Waals surface area (Å²) >= 11 is 0. The molecule has 0 unspecified atom stereocenters. The summed E-state index contributed by atoms with van der Waals surface area (Å²) in [5, 5.41) is 9.39. The lowest BCUT2D eigenvalue weighted by atomic mass is 9.82. The average molecular weight is 814 g/mol. The van der Waals surface area contributed by atoms with Gasteiger partial charge in [-0.25, -0.2) is 0 Å². The van der Waals surface area contributed by atoms with Crippen molar-refractivity contribution in [1.29, 1.82) is 0 Å². The van der Waals surface area contributed by atoms with Gasteiger partial charge in [0.2, 0.25) is 0 Å². The van der Waals surface area contributed by atoms with Crippen LogP contribution in [0.1, 0.15) is 52.7 Å². The van der Waals surface area contributed by atoms with E-state index in [1.54, 1.807) is 0 Å². The van der Waals surface area contributed by atoms with E-state index in [4.69, 9.17) is 8.83 Å². The van der Waals surface area contributed by atoms with Crippen LogP contribution in [0, 0.1) is 0 Å². The summed E-state index contributed by atoms with van der Waals surface area (Å²) in [4.78, 5) is 0. The molecule has 0 N–H and O–H groups in total. The van der Waals surface area contributed by atoms with Gasteiger partial charge in [0.15, 0.2) is 0 Å². The Balaban J connectivity index is 1.26. The Morgan fingerprint density at radius 2 is 0.778 bits per heavy atom. The molecular weight excluding hydrogens is 767 g/mol. The van der Waals surface area contributed by atoms with E-state index in [0.717, 1.165) is 82.9 Å². The Labute approximate surface area is 366 Å². The van der Waals surface area contributed by atoms with Crippen LogP contribution in [0.25, 0.3) is 116 Å². The van der Waals surface area contributed by atoms with Crippen LogP contribution in [0.5, 0.6) is 0 Å². The van der Waals surface area contributed by atoms with Gasteiger partial charge in [0.1, 0.15) is 22.3 Å². The molecule has 0 saturated heterocycles. The van der Waals surface area contributed by atoms with Crippen LogP contribution in [0.4, 0.5) is 0 Å². The van der Waals surface area contributed by atoms with Crippen molar-refractivity contribution >= 4 is 76.5 Å². The van der Waals surface area contributed by atoms with Crippen molar-refractivity contribution < 1.29 is 8.83 Å². The molecule has 0 aliphatic heterocycles. The second kappa shape index (κ2) is 13.6. The van der Waals surface area contributed by atoms with Gasteiger partial charge in [0.05, 0.1) is 11.0 Å². The molecule has 12 rings (SSSR count). The number of hydrogen-bond acceptors (Lipinski definition) is 2. The van der Waals surface area contributed by atoms with Gasteiger partial charge in [0.25, 0.3) is 0 Å². The number of nitrogens with zero attached hydrogens (tertiary/aromatic N) is 1. The Hall–Kier alpha value is -7.36. The molecule has 3 heteroatoms. The van der Waals surface area contributed by atoms with Crippen LogP contribution in [0.15, 0.2) is 185 Å². The van der Waals surface area contributed by atoms with Crippen molar-refractivity contribution in [2.45, 2.75) is 52.4 Å². The number of hydrogen-bond donors (Lipinski definition) is 0. The minimum atomic E-state index is -0.135. The van der Waals surface area contributed by atoms with E-state index in [-0.39, 0.29) is 10.8 Å². The fourth-order valence-corrected chi connectivity index (χ4v) is 9.99. The third kappa shape index (κ3) is 5.79. The molecule has 0 radical (unpaired) electrons. The van der Waals surface area contributed by atoms with Crippen LogP contribution >= 0.6 is 0 Å². The lowest BCUT2D eigenvalue weighted by molar-refractivity contribution is 0.590. The van der Waals surface area contributed by atoms with Crippen molar-refractivity contribution in [3.05, 3.63) is 187 Å². The minimum absolute atomic E-state index is 0.135. The molecule has 12 aromatic rings. The Morgan fingerprint density at radius 3 is 1.30 bits per heavy atom. The lowest BCUT2D eigenvalue weighted by Gasteiger charge is -2.22. The van der Waals surface area contributed by atoms with E-state index in [1.807, 2.05) is 0 Å². The van der Waals surface area contributed by atoms with Crippen molar-refractivity contribution in [2.24, 2.45) is 0 Å². The summed E-state index contributed by atoms with van der Waals surface area (Å²) in [5.41, 5.74) is 16.1. The van der Waals surface area contributed by atoms with E-state index in [2.05, 4.69) is 222 Å². The molecule has 0 bridgehead atoms. The molecule has 3 aromatic heterocycles. The van der Waals surface area contributed by atoms with Crippen LogP contribution in [-0.2, 0) is 10.8 Å². The monoisotopic (exact) mass is 813 g/mol. The molecule has 0 saturated carbocycles. The van der Waals surface area contributed by atoms with Crippen molar-refractivity contribution in [2.75, 3.05) is 0 Å². The molecule has 0 spiro atoms. The minimum Gasteiger partial charge on any atom is -0.455 e. The maximum absolute atomic E-state index is 6.84. The Kier molecular flexibility index (Phi) is 8.06. The predicted octanol–water partition coefficient (Wildman–Crippen LogP) is 17.3. The molecule has 3 nitrogen and oxygen atoms in total. The summed E-state index contributed by atoms with van der Waals surface area (Å²) in [6.45, 7) is 13.9. The number of furan rings is 2. The number of benzene rings is 9. The van der Waals surface area contributed by atoms with Crippen molar-refractivity contribution in [1.82, 2.24) is 4.57 Å². The zero-order chi connectivity index (χ0) is 42.8. The topological polar surface area (TPSA) is 31.2 Å². The molecule has 304 valence electrons. The fraction of sp³-hybridized carbons (Fsp3) is 0.133. The first-order valence-electron chi connectivity index (χ1n) is 22.1. The maximum Gasteiger partial charge on any atom is 0.143 e. The van der Waals surface area contributed by atoms with Gasteiger partial charge in [-0.05, 0) is 92.4 Å². The molecule has 0 aliphatic carbocycles. The normalized spacial score (nSPS) is 12.6. The highest BCUT2D eigenvalue weighted by molar-refractivity contribution is 6.21. The SMILES string of the molecule is CC(C)(C)c1cc(-c2cccc3c2oc2ccccc23)c2c(c1)c1cc(C(C)(C)C)cc(-c3cccc4c3oc3ccccc34)c1n2-c1ccc(-c2cccc3ccccc23)cc1. The third-order valence-corrected chi connectivity index (χ3v) is 13.3. The first-order valence-corrected chi connectivity index (χ1v) is 22.1. The number of fused-ring (bicyclic) bond motifs is 10. The molecule has 0 amide bonds. The largest absolute Gasteiger partial charge is 0.455 e. The quantitative estimate of drug-likeness (QED) is 0.177. The molecular formula is C60H47NO2. The van der Waals surface area contributed by atoms with E-state index in [9.17, 15) is 0 Å². The van der Waals surface area contributed by atoms with Crippen molar-refractivity contribution in [3.8, 4) is 39.1 Å². The second-order valence-electron chi connectivity index (χ2n) is 19.3. The summed E-state index contributed by atoms with van der Waals surface area (Å²) < 4.78 is 16.2. The maximum atomic E-state index is 6.84. The van der Waals surface area contributed by atoms with Crippen LogP contribution in [0.2, 0.25) is 0 Å². The standard InChI is InChI=1S/C60H47NO2/c1-59(2,3)38-32-49(47-24-14-22-45-43-19-9-11-26-53(43)62-57(45)47)55-51(34-38)52-35-39(60(4,5)6)33-50(48-25-15-23-46-44-20-10-12-27-54(44)63-58(46)48)56(52)61(55)40-30-28-37(29-31-40)42-21-13-17-36-16-7-8-18-41(36)42/h7-35H,1-6H3. The fourth-order valence-electron chi connectivity index (χ4n) is 9.99. The molecule has 0 atom stereocenters. The smallest absolute Gasteiger partial charge is 0.143 e. The van der Waals surface area contributed by atoms with Gasteiger partial charge < -0.3 is 13.4 Å². The number of para-hydroxylation sites is 4. The molecule has 9 aromatic carbocycles. The van der Waals surface area contributed by atoms with Crippen LogP contribution in [0.3, 0.4) is 0 Å². The highest BCUT2D eigenvalue weighted by Gasteiger charge is 2.28. The summed E-state index contributed by atoms with van der Waals surface area (Å²) in [6, 6.07) is 64.2. The summed E-state index contributed by atoms with van der Waals surface area (Å²) in [7, 11) is 0. The second-order valence-corrected chi connectivity index (χ2v) is 19.3. The Morgan fingerprint density at radius 1 is 0.349 bits per heavy atom. The molecule has 0 aliphatic rings. The molecule has 63 heavy (non-hydrogen) atoms. The van der Waals surface area contributed by atoms with E-state index >= 15 is 0 Å². The predicted molar refractivity (Wildman–Crippen MR) is 267 cm³/mol. The summed E-state index contributed by atoms with van der Waals surface area (Å²) in [5.74, 6) is 0. The van der Waals surface area contributed by atoms with Gasteiger partial charge in [0, 0.05) is 60.3 Å². The highest BCUT2D eigenvalue weighted by atomic mass is 16.3. The van der Waals surface area contributed by atoms with Gasteiger partial charge in [-0.15, -0.1) is 0 Å². The first kappa shape index (κ1) is 37.4. The van der Waals surface area contributed by atoms with Gasteiger partial charge in [-0.2, -0.15) is 0 Å². The zero-order valence-electron chi connectivity index (χ0n) is 36.5. The van der Waals surface area contributed by atoms with Gasteiger partial charge in [-0.1, -0.05) is 169 Å². The average Bonchev–Trinajstić information content (AvgIpc) is 3.98. The Bertz CT molecular complexity index is 3610. The number of rotatable bonds is 4. The molecule has 3 heterocycles. The number of aromatic nitrogens is 1. The lowest BCUT2D eigenvalue weighted by Crippen LogP contribution is -2.11. The zero-order valence-corrected chi connectivity index (χ0v) is 36.5. The summed E-state index contributed by atoms with van der Waals surface area (Å²) in [6.07, 6.45) is 0. The van der Waals surface area contributed by atoms with E-state index in [1.165, 1.54) is 43.8 Å². The first-order chi connectivity index (χ1) is 30.5. The third-order valence-electron chi connectivity index (χ3n) is 13.3. The van der Waals surface area contributed by atoms with Gasteiger partial charge in [-0.3, -0.25) is 0 Å². The van der Waals surface area contributed by atoms with Crippen molar-refractivity contribution in [3.63, 3.8) is 0 Å². The van der Waals surface area contributed by atoms with Crippen LogP contribution in [-0.4, -0.2) is 4.57 Å². The van der Waals surface area contributed by atoms with Gasteiger partial charge >= 0.3 is 0 Å². The highest BCUT2D eigenvalue weighted by Crippen LogP contribution is 2.49.